The second-order valence-electron chi connectivity index (χ2n) is 6.83. The molecule has 0 fully saturated rings. The van der Waals surface area contributed by atoms with E-state index in [1.807, 2.05) is 0 Å². The lowest BCUT2D eigenvalue weighted by Gasteiger charge is -2.05. The molecular formula is C21H42O3. The highest BCUT2D eigenvalue weighted by atomic mass is 16.7. The van der Waals surface area contributed by atoms with Crippen LogP contribution in [0.2, 0.25) is 0 Å². The van der Waals surface area contributed by atoms with Crippen LogP contribution >= 0.6 is 0 Å². The fourth-order valence-corrected chi connectivity index (χ4v) is 2.97. The molecule has 0 aliphatic heterocycles. The minimum absolute atomic E-state index is 0.387. The lowest BCUT2D eigenvalue weighted by atomic mass is 10.0. The van der Waals surface area contributed by atoms with Crippen LogP contribution in [0.4, 0.5) is 4.79 Å². The van der Waals surface area contributed by atoms with Crippen LogP contribution in [0.25, 0.3) is 0 Å². The summed E-state index contributed by atoms with van der Waals surface area (Å²) in [7, 11) is 0. The molecule has 0 bridgehead atoms. The Morgan fingerprint density at radius 3 is 1.29 bits per heavy atom. The van der Waals surface area contributed by atoms with Crippen molar-refractivity contribution in [3.63, 3.8) is 0 Å². The zero-order valence-corrected chi connectivity index (χ0v) is 16.5. The van der Waals surface area contributed by atoms with Gasteiger partial charge in [0.1, 0.15) is 0 Å². The summed E-state index contributed by atoms with van der Waals surface area (Å²) in [5.41, 5.74) is 0. The van der Waals surface area contributed by atoms with Gasteiger partial charge in [-0.15, -0.1) is 0 Å². The zero-order chi connectivity index (χ0) is 17.7. The van der Waals surface area contributed by atoms with Gasteiger partial charge >= 0.3 is 6.16 Å². The van der Waals surface area contributed by atoms with Crippen molar-refractivity contribution < 1.29 is 14.3 Å². The highest BCUT2D eigenvalue weighted by molar-refractivity contribution is 5.59. The van der Waals surface area contributed by atoms with Crippen LogP contribution in [0, 0.1) is 0 Å². The van der Waals surface area contributed by atoms with E-state index in [9.17, 15) is 4.79 Å². The summed E-state index contributed by atoms with van der Waals surface area (Å²) in [6.45, 7) is 4.95. The molecule has 0 heterocycles. The first-order valence-electron chi connectivity index (χ1n) is 10.6. The summed E-state index contributed by atoms with van der Waals surface area (Å²) < 4.78 is 9.65. The number of ether oxygens (including phenoxy) is 2. The van der Waals surface area contributed by atoms with Gasteiger partial charge in [0.2, 0.25) is 0 Å². The summed E-state index contributed by atoms with van der Waals surface area (Å²) in [6.07, 6.45) is 21.1. The Morgan fingerprint density at radius 1 is 0.542 bits per heavy atom. The number of unbranched alkanes of at least 4 members (excludes halogenated alkanes) is 15. The molecule has 0 aromatic carbocycles. The normalized spacial score (nSPS) is 10.8. The largest absolute Gasteiger partial charge is 0.508 e. The minimum atomic E-state index is -0.529. The molecule has 0 saturated heterocycles. The molecule has 24 heavy (non-hydrogen) atoms. The van der Waals surface area contributed by atoms with Gasteiger partial charge in [0.05, 0.1) is 13.2 Å². The third-order valence-electron chi connectivity index (χ3n) is 4.48. The fourth-order valence-electron chi connectivity index (χ4n) is 2.97. The average Bonchev–Trinajstić information content (AvgIpc) is 2.58. The van der Waals surface area contributed by atoms with Gasteiger partial charge in [0, 0.05) is 0 Å². The van der Waals surface area contributed by atoms with Gasteiger partial charge in [0.15, 0.2) is 0 Å². The summed E-state index contributed by atoms with van der Waals surface area (Å²) in [5.74, 6) is 0. The molecule has 0 aromatic rings. The first-order valence-corrected chi connectivity index (χ1v) is 10.6. The minimum Gasteiger partial charge on any atom is -0.435 e. The monoisotopic (exact) mass is 342 g/mol. The predicted molar refractivity (Wildman–Crippen MR) is 103 cm³/mol. The summed E-state index contributed by atoms with van der Waals surface area (Å²) in [5, 5.41) is 0. The van der Waals surface area contributed by atoms with Crippen molar-refractivity contribution in [3.05, 3.63) is 0 Å². The van der Waals surface area contributed by atoms with Gasteiger partial charge < -0.3 is 9.47 Å². The van der Waals surface area contributed by atoms with Crippen molar-refractivity contribution in [2.24, 2.45) is 0 Å². The van der Waals surface area contributed by atoms with Crippen LogP contribution in [-0.2, 0) is 9.47 Å². The molecule has 0 unspecified atom stereocenters. The van der Waals surface area contributed by atoms with E-state index >= 15 is 0 Å². The molecule has 3 heteroatoms. The SMILES string of the molecule is CCCCCCCCCCCCCCCCCCOC(=O)OCC. The Hall–Kier alpha value is -0.730. The van der Waals surface area contributed by atoms with E-state index in [1.165, 1.54) is 89.9 Å². The first-order chi connectivity index (χ1) is 11.8. The van der Waals surface area contributed by atoms with Gasteiger partial charge in [-0.1, -0.05) is 103 Å². The van der Waals surface area contributed by atoms with Crippen molar-refractivity contribution in [2.45, 2.75) is 117 Å². The van der Waals surface area contributed by atoms with Gasteiger partial charge in [-0.2, -0.15) is 0 Å². The molecule has 0 rings (SSSR count). The van der Waals surface area contributed by atoms with Crippen LogP contribution in [-0.4, -0.2) is 19.4 Å². The van der Waals surface area contributed by atoms with E-state index in [1.54, 1.807) is 6.92 Å². The van der Waals surface area contributed by atoms with Crippen LogP contribution in [0.15, 0.2) is 0 Å². The Kier molecular flexibility index (Phi) is 19.7. The van der Waals surface area contributed by atoms with E-state index in [4.69, 9.17) is 9.47 Å². The maximum absolute atomic E-state index is 11.0. The number of rotatable bonds is 18. The maximum atomic E-state index is 11.0. The van der Waals surface area contributed by atoms with E-state index < -0.39 is 6.16 Å². The Labute approximate surface area is 150 Å². The molecule has 0 amide bonds. The molecule has 0 saturated carbocycles. The van der Waals surface area contributed by atoms with Crippen molar-refractivity contribution in [3.8, 4) is 0 Å². The summed E-state index contributed by atoms with van der Waals surface area (Å²) in [4.78, 5) is 11.0. The quantitative estimate of drug-likeness (QED) is 0.192. The van der Waals surface area contributed by atoms with Gasteiger partial charge in [0.25, 0.3) is 0 Å². The third kappa shape index (κ3) is 19.3. The zero-order valence-electron chi connectivity index (χ0n) is 16.5. The predicted octanol–water partition coefficient (Wildman–Crippen LogP) is 7.42. The summed E-state index contributed by atoms with van der Waals surface area (Å²) in [6, 6.07) is 0. The first kappa shape index (κ1) is 23.3. The van der Waals surface area contributed by atoms with E-state index in [-0.39, 0.29) is 0 Å². The second-order valence-corrected chi connectivity index (χ2v) is 6.83. The Morgan fingerprint density at radius 2 is 0.917 bits per heavy atom. The second kappa shape index (κ2) is 20.3. The average molecular weight is 343 g/mol. The highest BCUT2D eigenvalue weighted by Gasteiger charge is 2.00. The van der Waals surface area contributed by atoms with E-state index in [0.29, 0.717) is 13.2 Å². The molecule has 0 atom stereocenters. The number of hydrogen-bond donors (Lipinski definition) is 0. The Balaban J connectivity index is 3.01. The number of carbonyl (C=O) groups is 1. The van der Waals surface area contributed by atoms with Crippen LogP contribution < -0.4 is 0 Å². The molecule has 0 aliphatic rings. The topological polar surface area (TPSA) is 35.5 Å². The van der Waals surface area contributed by atoms with Crippen molar-refractivity contribution in [1.82, 2.24) is 0 Å². The van der Waals surface area contributed by atoms with Crippen LogP contribution in [0.5, 0.6) is 0 Å². The standard InChI is InChI=1S/C21H42O3/c1-3-5-6-7-8-9-10-11-12-13-14-15-16-17-18-19-20-24-21(22)23-4-2/h3-20H2,1-2H3. The van der Waals surface area contributed by atoms with Crippen molar-refractivity contribution >= 4 is 6.16 Å². The summed E-state index contributed by atoms with van der Waals surface area (Å²) >= 11 is 0. The molecule has 0 radical (unpaired) electrons. The third-order valence-corrected chi connectivity index (χ3v) is 4.48. The molecule has 3 nitrogen and oxygen atoms in total. The smallest absolute Gasteiger partial charge is 0.435 e. The molecule has 0 N–H and O–H groups in total. The highest BCUT2D eigenvalue weighted by Crippen LogP contribution is 2.13. The van der Waals surface area contributed by atoms with Crippen molar-refractivity contribution in [1.29, 1.82) is 0 Å². The van der Waals surface area contributed by atoms with Gasteiger partial charge in [-0.25, -0.2) is 4.79 Å². The molecule has 0 aromatic heterocycles. The molecule has 0 aliphatic carbocycles. The Bertz CT molecular complexity index is 253. The van der Waals surface area contributed by atoms with Crippen LogP contribution in [0.1, 0.15) is 117 Å². The molecule has 0 spiro atoms. The molecule has 144 valence electrons. The van der Waals surface area contributed by atoms with E-state index in [2.05, 4.69) is 6.92 Å². The number of carbonyl (C=O) groups excluding carboxylic acids is 1. The van der Waals surface area contributed by atoms with Gasteiger partial charge in [-0.3, -0.25) is 0 Å². The maximum Gasteiger partial charge on any atom is 0.508 e. The number of hydrogen-bond acceptors (Lipinski definition) is 3. The lowest BCUT2D eigenvalue weighted by molar-refractivity contribution is 0.0578. The fraction of sp³-hybridized carbons (Fsp3) is 0.952. The van der Waals surface area contributed by atoms with Crippen molar-refractivity contribution in [2.75, 3.05) is 13.2 Å². The lowest BCUT2D eigenvalue weighted by Crippen LogP contribution is -2.07. The van der Waals surface area contributed by atoms with Gasteiger partial charge in [-0.05, 0) is 13.3 Å². The van der Waals surface area contributed by atoms with Crippen LogP contribution in [0.3, 0.4) is 0 Å². The molecular weight excluding hydrogens is 300 g/mol. The van der Waals surface area contributed by atoms with E-state index in [0.717, 1.165) is 12.8 Å².